The molecule has 1 heterocycles. The third-order valence-electron chi connectivity index (χ3n) is 3.02. The van der Waals surface area contributed by atoms with E-state index in [-0.39, 0.29) is 24.3 Å². The van der Waals surface area contributed by atoms with Crippen LogP contribution in [0.2, 0.25) is 5.02 Å². The molecule has 1 N–H and O–H groups in total. The molecule has 1 aromatic carbocycles. The number of aromatic nitrogens is 2. The average Bonchev–Trinajstić information content (AvgIpc) is 2.50. The Bertz CT molecular complexity index is 721. The molecule has 1 aromatic heterocycles. The first-order valence-corrected chi connectivity index (χ1v) is 6.77. The molecule has 118 valence electrons. The van der Waals surface area contributed by atoms with Crippen LogP contribution in [0.5, 0.6) is 11.8 Å². The molecule has 8 heteroatoms. The van der Waals surface area contributed by atoms with Crippen molar-refractivity contribution in [3.8, 4) is 11.8 Å². The number of methoxy groups -OCH3 is 3. The average molecular weight is 326 g/mol. The topological polar surface area (TPSA) is 82.6 Å². The molecule has 0 saturated heterocycles. The maximum Gasteiger partial charge on any atom is 0.278 e. The first kappa shape index (κ1) is 16.3. The van der Waals surface area contributed by atoms with Gasteiger partial charge in [0.05, 0.1) is 25.4 Å². The Morgan fingerprint density at radius 2 is 1.86 bits per heavy atom. The molecule has 0 atom stereocenters. The zero-order valence-electron chi connectivity index (χ0n) is 12.7. The Kier molecular flexibility index (Phi) is 4.99. The molecule has 0 aliphatic heterocycles. The molecular weight excluding hydrogens is 310 g/mol. The first-order chi connectivity index (χ1) is 10.5. The van der Waals surface area contributed by atoms with E-state index in [1.807, 2.05) is 0 Å². The zero-order chi connectivity index (χ0) is 16.3. The van der Waals surface area contributed by atoms with E-state index >= 15 is 0 Å². The van der Waals surface area contributed by atoms with Gasteiger partial charge in [0.15, 0.2) is 0 Å². The summed E-state index contributed by atoms with van der Waals surface area (Å²) in [5.41, 5.74) is 2.10. The van der Waals surface area contributed by atoms with Crippen molar-refractivity contribution in [2.24, 2.45) is 0 Å². The number of nitrogens with zero attached hydrogens (tertiary/aromatic N) is 2. The number of halogens is 1. The highest BCUT2D eigenvalue weighted by molar-refractivity contribution is 6.33. The third-order valence-corrected chi connectivity index (χ3v) is 3.41. The number of hydrogen-bond donors (Lipinski definition) is 1. The second-order valence-electron chi connectivity index (χ2n) is 4.45. The SMILES string of the molecule is COCC(=O)Nc1c(C)c(Cl)cc2nc(OC)c(OC)nc12. The maximum absolute atomic E-state index is 11.8. The van der Waals surface area contributed by atoms with Crippen LogP contribution in [0.1, 0.15) is 5.56 Å². The van der Waals surface area contributed by atoms with Crippen LogP contribution in [-0.2, 0) is 9.53 Å². The number of ether oxygens (including phenoxy) is 3. The molecule has 0 aliphatic carbocycles. The molecule has 0 unspecified atom stereocenters. The molecule has 1 amide bonds. The van der Waals surface area contributed by atoms with Gasteiger partial charge in [-0.3, -0.25) is 4.79 Å². The van der Waals surface area contributed by atoms with Crippen molar-refractivity contribution in [2.75, 3.05) is 33.3 Å². The van der Waals surface area contributed by atoms with Gasteiger partial charge in [0.25, 0.3) is 11.8 Å². The minimum atomic E-state index is -0.314. The Morgan fingerprint density at radius 1 is 1.23 bits per heavy atom. The summed E-state index contributed by atoms with van der Waals surface area (Å²) in [6, 6.07) is 1.66. The van der Waals surface area contributed by atoms with Crippen LogP contribution < -0.4 is 14.8 Å². The Balaban J connectivity index is 2.66. The van der Waals surface area contributed by atoms with Crippen LogP contribution in [0.4, 0.5) is 5.69 Å². The van der Waals surface area contributed by atoms with E-state index in [0.717, 1.165) is 0 Å². The summed E-state index contributed by atoms with van der Waals surface area (Å²) in [5.74, 6) is 0.147. The van der Waals surface area contributed by atoms with Gasteiger partial charge in [-0.05, 0) is 18.6 Å². The van der Waals surface area contributed by atoms with E-state index in [1.165, 1.54) is 21.3 Å². The molecule has 0 bridgehead atoms. The highest BCUT2D eigenvalue weighted by Crippen LogP contribution is 2.34. The van der Waals surface area contributed by atoms with Gasteiger partial charge in [0.2, 0.25) is 5.91 Å². The number of amides is 1. The summed E-state index contributed by atoms with van der Waals surface area (Å²) in [5, 5.41) is 3.20. The number of nitrogens with one attached hydrogen (secondary N) is 1. The fraction of sp³-hybridized carbons (Fsp3) is 0.357. The van der Waals surface area contributed by atoms with Crippen molar-refractivity contribution >= 4 is 34.2 Å². The standard InChI is InChI=1S/C14H16ClN3O4/c1-7-8(15)5-9-12(11(7)17-10(19)6-20-2)18-14(22-4)13(16-9)21-3/h5H,6H2,1-4H3,(H,17,19). The fourth-order valence-corrected chi connectivity index (χ4v) is 2.15. The zero-order valence-corrected chi connectivity index (χ0v) is 13.4. The number of carbonyl (C=O) groups is 1. The Hall–Kier alpha value is -2.12. The largest absolute Gasteiger partial charge is 0.477 e. The van der Waals surface area contributed by atoms with Gasteiger partial charge in [-0.2, -0.15) is 0 Å². The molecule has 22 heavy (non-hydrogen) atoms. The second kappa shape index (κ2) is 6.76. The molecule has 2 aromatic rings. The lowest BCUT2D eigenvalue weighted by molar-refractivity contribution is -0.119. The van der Waals surface area contributed by atoms with E-state index < -0.39 is 0 Å². The molecule has 0 radical (unpaired) electrons. The van der Waals surface area contributed by atoms with Gasteiger partial charge >= 0.3 is 0 Å². The third kappa shape index (κ3) is 3.05. The van der Waals surface area contributed by atoms with Crippen molar-refractivity contribution in [1.29, 1.82) is 0 Å². The van der Waals surface area contributed by atoms with Gasteiger partial charge in [0.1, 0.15) is 12.1 Å². The lowest BCUT2D eigenvalue weighted by atomic mass is 10.1. The second-order valence-corrected chi connectivity index (χ2v) is 4.86. The first-order valence-electron chi connectivity index (χ1n) is 6.39. The van der Waals surface area contributed by atoms with Crippen LogP contribution in [-0.4, -0.2) is 43.8 Å². The van der Waals surface area contributed by atoms with E-state index in [1.54, 1.807) is 13.0 Å². The molecular formula is C14H16ClN3O4. The number of carbonyl (C=O) groups excluding carboxylic acids is 1. The lowest BCUT2D eigenvalue weighted by Crippen LogP contribution is -2.18. The van der Waals surface area contributed by atoms with Crippen molar-refractivity contribution in [1.82, 2.24) is 9.97 Å². The summed E-state index contributed by atoms with van der Waals surface area (Å²) < 4.78 is 15.1. The maximum atomic E-state index is 11.8. The Labute approximate surface area is 132 Å². The number of fused-ring (bicyclic) bond motifs is 1. The smallest absolute Gasteiger partial charge is 0.278 e. The fourth-order valence-electron chi connectivity index (χ4n) is 1.95. The molecule has 0 fully saturated rings. The van der Waals surface area contributed by atoms with Crippen LogP contribution in [0.25, 0.3) is 11.0 Å². The monoisotopic (exact) mass is 325 g/mol. The van der Waals surface area contributed by atoms with Crippen molar-refractivity contribution in [2.45, 2.75) is 6.92 Å². The van der Waals surface area contributed by atoms with Gasteiger partial charge < -0.3 is 19.5 Å². The van der Waals surface area contributed by atoms with Crippen LogP contribution in [0.3, 0.4) is 0 Å². The summed E-state index contributed by atoms with van der Waals surface area (Å²) in [4.78, 5) is 20.5. The minimum Gasteiger partial charge on any atom is -0.477 e. The van der Waals surface area contributed by atoms with Crippen LogP contribution in [0.15, 0.2) is 6.07 Å². The van der Waals surface area contributed by atoms with E-state index in [9.17, 15) is 4.79 Å². The van der Waals surface area contributed by atoms with Gasteiger partial charge in [-0.25, -0.2) is 9.97 Å². The molecule has 0 saturated carbocycles. The molecule has 2 rings (SSSR count). The molecule has 0 spiro atoms. The van der Waals surface area contributed by atoms with Crippen LogP contribution >= 0.6 is 11.6 Å². The van der Waals surface area contributed by atoms with Crippen molar-refractivity contribution in [3.63, 3.8) is 0 Å². The quantitative estimate of drug-likeness (QED) is 0.907. The minimum absolute atomic E-state index is 0.0752. The number of anilines is 1. The summed E-state index contributed by atoms with van der Waals surface area (Å²) >= 11 is 6.20. The highest BCUT2D eigenvalue weighted by Gasteiger charge is 2.18. The predicted octanol–water partition coefficient (Wildman–Crippen LogP) is 2.19. The van der Waals surface area contributed by atoms with Crippen LogP contribution in [0, 0.1) is 6.92 Å². The summed E-state index contributed by atoms with van der Waals surface area (Å²) in [7, 11) is 4.37. The lowest BCUT2D eigenvalue weighted by Gasteiger charge is -2.14. The van der Waals surface area contributed by atoms with Gasteiger partial charge in [-0.15, -0.1) is 0 Å². The normalized spacial score (nSPS) is 10.6. The van der Waals surface area contributed by atoms with Crippen molar-refractivity contribution in [3.05, 3.63) is 16.7 Å². The molecule has 0 aliphatic rings. The number of rotatable bonds is 5. The van der Waals surface area contributed by atoms with E-state index in [2.05, 4.69) is 15.3 Å². The summed E-state index contributed by atoms with van der Waals surface area (Å²) in [6.07, 6.45) is 0. The number of benzene rings is 1. The predicted molar refractivity (Wildman–Crippen MR) is 82.9 cm³/mol. The summed E-state index contributed by atoms with van der Waals surface area (Å²) in [6.45, 7) is 1.71. The van der Waals surface area contributed by atoms with E-state index in [4.69, 9.17) is 25.8 Å². The van der Waals surface area contributed by atoms with Crippen molar-refractivity contribution < 1.29 is 19.0 Å². The number of hydrogen-bond acceptors (Lipinski definition) is 6. The van der Waals surface area contributed by atoms with Gasteiger partial charge in [0, 0.05) is 12.1 Å². The molecule has 7 nitrogen and oxygen atoms in total. The van der Waals surface area contributed by atoms with E-state index in [0.29, 0.717) is 27.3 Å². The van der Waals surface area contributed by atoms with Gasteiger partial charge in [-0.1, -0.05) is 11.6 Å². The Morgan fingerprint density at radius 3 is 2.45 bits per heavy atom. The highest BCUT2D eigenvalue weighted by atomic mass is 35.5.